The highest BCUT2D eigenvalue weighted by Gasteiger charge is 2.12. The van der Waals surface area contributed by atoms with E-state index in [0.717, 1.165) is 4.47 Å². The maximum Gasteiger partial charge on any atom is 0.252 e. The van der Waals surface area contributed by atoms with Crippen molar-refractivity contribution in [2.24, 2.45) is 0 Å². The summed E-state index contributed by atoms with van der Waals surface area (Å²) in [6, 6.07) is 5.31. The molecule has 0 saturated heterocycles. The number of hydrogen-bond donors (Lipinski definition) is 2. The molecule has 1 aromatic rings. The Morgan fingerprint density at radius 2 is 2.22 bits per heavy atom. The summed E-state index contributed by atoms with van der Waals surface area (Å²) in [4.78, 5) is 12.6. The predicted octanol–water partition coefficient (Wildman–Crippen LogP) is 2.62. The Labute approximate surface area is 124 Å². The van der Waals surface area contributed by atoms with E-state index >= 15 is 0 Å². The lowest BCUT2D eigenvalue weighted by molar-refractivity contribution is 0.0936. The Bertz CT molecular complexity index is 465. The van der Waals surface area contributed by atoms with Gasteiger partial charge in [0.1, 0.15) is 0 Å². The molecule has 1 aromatic carbocycles. The molecule has 1 rings (SSSR count). The number of amides is 1. The van der Waals surface area contributed by atoms with Crippen molar-refractivity contribution in [3.05, 3.63) is 28.2 Å². The molecule has 0 bridgehead atoms. The molecular formula is C12H16BrNO2S2. The van der Waals surface area contributed by atoms with Gasteiger partial charge >= 0.3 is 0 Å². The van der Waals surface area contributed by atoms with Gasteiger partial charge < -0.3 is 5.32 Å². The SMILES string of the molecule is CC(CCS(C)=O)NC(=O)c1ccc(Br)cc1S. The Kier molecular flexibility index (Phi) is 6.38. The van der Waals surface area contributed by atoms with E-state index in [1.54, 1.807) is 24.5 Å². The minimum Gasteiger partial charge on any atom is -0.350 e. The summed E-state index contributed by atoms with van der Waals surface area (Å²) in [6.07, 6.45) is 2.36. The zero-order valence-electron chi connectivity index (χ0n) is 10.3. The minimum absolute atomic E-state index is 0.00206. The van der Waals surface area contributed by atoms with E-state index in [2.05, 4.69) is 33.9 Å². The fourth-order valence-corrected chi connectivity index (χ4v) is 2.95. The first-order chi connectivity index (χ1) is 8.40. The zero-order chi connectivity index (χ0) is 13.7. The molecule has 2 unspecified atom stereocenters. The van der Waals surface area contributed by atoms with Crippen molar-refractivity contribution in [1.29, 1.82) is 0 Å². The molecular weight excluding hydrogens is 334 g/mol. The molecule has 1 amide bonds. The lowest BCUT2D eigenvalue weighted by Crippen LogP contribution is -2.33. The van der Waals surface area contributed by atoms with E-state index in [1.807, 2.05) is 6.92 Å². The third kappa shape index (κ3) is 5.12. The van der Waals surface area contributed by atoms with Crippen molar-refractivity contribution in [2.45, 2.75) is 24.3 Å². The Morgan fingerprint density at radius 1 is 1.56 bits per heavy atom. The van der Waals surface area contributed by atoms with E-state index in [1.165, 1.54) is 0 Å². The number of carbonyl (C=O) groups is 1. The summed E-state index contributed by atoms with van der Waals surface area (Å²) in [5, 5.41) is 2.87. The van der Waals surface area contributed by atoms with Gasteiger partial charge in [-0.2, -0.15) is 0 Å². The zero-order valence-corrected chi connectivity index (χ0v) is 13.6. The summed E-state index contributed by atoms with van der Waals surface area (Å²) >= 11 is 7.60. The number of rotatable bonds is 5. The maximum atomic E-state index is 12.0. The molecule has 0 radical (unpaired) electrons. The number of hydrogen-bond acceptors (Lipinski definition) is 3. The number of halogens is 1. The van der Waals surface area contributed by atoms with Crippen LogP contribution >= 0.6 is 28.6 Å². The second-order valence-corrected chi connectivity index (χ2v) is 7.05. The molecule has 0 aromatic heterocycles. The first-order valence-electron chi connectivity index (χ1n) is 5.49. The van der Waals surface area contributed by atoms with Gasteiger partial charge in [0.15, 0.2) is 0 Å². The molecule has 0 spiro atoms. The third-order valence-electron chi connectivity index (χ3n) is 2.42. The average molecular weight is 350 g/mol. The van der Waals surface area contributed by atoms with Crippen LogP contribution in [-0.2, 0) is 10.8 Å². The monoisotopic (exact) mass is 349 g/mol. The number of benzene rings is 1. The van der Waals surface area contributed by atoms with Gasteiger partial charge in [0.2, 0.25) is 0 Å². The van der Waals surface area contributed by atoms with Gasteiger partial charge in [0.25, 0.3) is 5.91 Å². The van der Waals surface area contributed by atoms with E-state index in [0.29, 0.717) is 22.6 Å². The summed E-state index contributed by atoms with van der Waals surface area (Å²) in [7, 11) is -0.826. The molecule has 0 heterocycles. The summed E-state index contributed by atoms with van der Waals surface area (Å²) in [5.74, 6) is 0.442. The second-order valence-electron chi connectivity index (χ2n) is 4.10. The van der Waals surface area contributed by atoms with Crippen LogP contribution in [0, 0.1) is 0 Å². The summed E-state index contributed by atoms with van der Waals surface area (Å²) < 4.78 is 11.9. The lowest BCUT2D eigenvalue weighted by Gasteiger charge is -2.14. The largest absolute Gasteiger partial charge is 0.350 e. The Hall–Kier alpha value is -0.330. The summed E-state index contributed by atoms with van der Waals surface area (Å²) in [5.41, 5.74) is 0.547. The van der Waals surface area contributed by atoms with Crippen LogP contribution in [0.3, 0.4) is 0 Å². The van der Waals surface area contributed by atoms with E-state index < -0.39 is 10.8 Å². The third-order valence-corrected chi connectivity index (χ3v) is 4.09. The van der Waals surface area contributed by atoms with Gasteiger partial charge in [0, 0.05) is 38.2 Å². The molecule has 3 nitrogen and oxygen atoms in total. The van der Waals surface area contributed by atoms with Crippen LogP contribution in [0.2, 0.25) is 0 Å². The van der Waals surface area contributed by atoms with Crippen molar-refractivity contribution in [2.75, 3.05) is 12.0 Å². The van der Waals surface area contributed by atoms with E-state index in [-0.39, 0.29) is 11.9 Å². The van der Waals surface area contributed by atoms with Crippen LogP contribution in [0.25, 0.3) is 0 Å². The molecule has 100 valence electrons. The Balaban J connectivity index is 2.62. The lowest BCUT2D eigenvalue weighted by atomic mass is 10.2. The van der Waals surface area contributed by atoms with Gasteiger partial charge in [-0.15, -0.1) is 12.6 Å². The van der Waals surface area contributed by atoms with Gasteiger partial charge in [-0.25, -0.2) is 0 Å². The molecule has 18 heavy (non-hydrogen) atoms. The van der Waals surface area contributed by atoms with Crippen LogP contribution in [-0.4, -0.2) is 28.2 Å². The van der Waals surface area contributed by atoms with Crippen molar-refractivity contribution in [1.82, 2.24) is 5.32 Å². The fraction of sp³-hybridized carbons (Fsp3) is 0.417. The molecule has 2 atom stereocenters. The first-order valence-corrected chi connectivity index (χ1v) is 8.46. The molecule has 6 heteroatoms. The Morgan fingerprint density at radius 3 is 2.78 bits per heavy atom. The van der Waals surface area contributed by atoms with Crippen LogP contribution in [0.1, 0.15) is 23.7 Å². The predicted molar refractivity (Wildman–Crippen MR) is 81.9 cm³/mol. The van der Waals surface area contributed by atoms with Crippen LogP contribution in [0.5, 0.6) is 0 Å². The highest BCUT2D eigenvalue weighted by Crippen LogP contribution is 2.19. The van der Waals surface area contributed by atoms with E-state index in [9.17, 15) is 9.00 Å². The highest BCUT2D eigenvalue weighted by atomic mass is 79.9. The molecule has 0 saturated carbocycles. The molecule has 0 aliphatic rings. The number of thiol groups is 1. The molecule has 0 fully saturated rings. The van der Waals surface area contributed by atoms with Gasteiger partial charge in [-0.1, -0.05) is 15.9 Å². The van der Waals surface area contributed by atoms with Gasteiger partial charge in [-0.3, -0.25) is 9.00 Å². The topological polar surface area (TPSA) is 46.2 Å². The highest BCUT2D eigenvalue weighted by molar-refractivity contribution is 9.10. The normalized spacial score (nSPS) is 14.0. The quantitative estimate of drug-likeness (QED) is 0.802. The van der Waals surface area contributed by atoms with Crippen molar-refractivity contribution < 1.29 is 9.00 Å². The van der Waals surface area contributed by atoms with E-state index in [4.69, 9.17) is 0 Å². The maximum absolute atomic E-state index is 12.0. The standard InChI is InChI=1S/C12H16BrNO2S2/c1-8(5-6-18(2)16)14-12(15)10-4-3-9(13)7-11(10)17/h3-4,7-8,17H,5-6H2,1-2H3,(H,14,15). The molecule has 0 aliphatic heterocycles. The van der Waals surface area contributed by atoms with Gasteiger partial charge in [-0.05, 0) is 31.5 Å². The van der Waals surface area contributed by atoms with Crippen molar-refractivity contribution in [3.8, 4) is 0 Å². The summed E-state index contributed by atoms with van der Waals surface area (Å²) in [6.45, 7) is 1.90. The van der Waals surface area contributed by atoms with Crippen LogP contribution in [0.4, 0.5) is 0 Å². The average Bonchev–Trinajstić information content (AvgIpc) is 2.26. The van der Waals surface area contributed by atoms with Crippen molar-refractivity contribution >= 4 is 45.3 Å². The first kappa shape index (κ1) is 15.7. The van der Waals surface area contributed by atoms with Crippen LogP contribution < -0.4 is 5.32 Å². The smallest absolute Gasteiger partial charge is 0.252 e. The molecule has 0 aliphatic carbocycles. The van der Waals surface area contributed by atoms with Crippen LogP contribution in [0.15, 0.2) is 27.6 Å². The number of nitrogens with one attached hydrogen (secondary N) is 1. The second kappa shape index (κ2) is 7.31. The van der Waals surface area contributed by atoms with Gasteiger partial charge in [0.05, 0.1) is 5.56 Å². The molecule has 1 N–H and O–H groups in total. The minimum atomic E-state index is -0.826. The fourth-order valence-electron chi connectivity index (χ4n) is 1.41. The number of carbonyl (C=O) groups excluding carboxylic acids is 1. The van der Waals surface area contributed by atoms with Crippen molar-refractivity contribution in [3.63, 3.8) is 0 Å².